The minimum absolute atomic E-state index is 0.0684. The van der Waals surface area contributed by atoms with Crippen LogP contribution in [0.5, 0.6) is 0 Å². The molecule has 1 aromatic heterocycles. The van der Waals surface area contributed by atoms with Gasteiger partial charge in [-0.3, -0.25) is 4.90 Å². The molecule has 0 amide bonds. The molecule has 0 radical (unpaired) electrons. The molecule has 3 aromatic carbocycles. The van der Waals surface area contributed by atoms with Gasteiger partial charge in [-0.15, -0.1) is 0 Å². The second-order valence-electron chi connectivity index (χ2n) is 10.9. The zero-order valence-corrected chi connectivity index (χ0v) is 23.8. The number of carbonyl (C=O) groups excluding carboxylic acids is 1. The Hall–Kier alpha value is -3.72. The van der Waals surface area contributed by atoms with Crippen LogP contribution in [0, 0.1) is 5.92 Å². The van der Waals surface area contributed by atoms with Gasteiger partial charge < -0.3 is 9.47 Å². The average molecular weight is 569 g/mol. The van der Waals surface area contributed by atoms with E-state index in [0.717, 1.165) is 11.8 Å². The van der Waals surface area contributed by atoms with E-state index >= 15 is 0 Å². The Morgan fingerprint density at radius 1 is 0.976 bits per heavy atom. The molecule has 3 heterocycles. The average Bonchev–Trinajstić information content (AvgIpc) is 3.67. The summed E-state index contributed by atoms with van der Waals surface area (Å²) in [5.41, 5.74) is 4.15. The molecule has 8 heteroatoms. The van der Waals surface area contributed by atoms with Crippen LogP contribution in [-0.2, 0) is 30.7 Å². The molecule has 7 rings (SSSR count). The van der Waals surface area contributed by atoms with E-state index in [1.807, 2.05) is 48.5 Å². The number of ether oxygens (including phenoxy) is 2. The fraction of sp³-hybridized carbons (Fsp3) is 0.303. The van der Waals surface area contributed by atoms with Crippen molar-refractivity contribution in [3.63, 3.8) is 0 Å². The first-order chi connectivity index (χ1) is 19.9. The van der Waals surface area contributed by atoms with E-state index in [-0.39, 0.29) is 35.5 Å². The second kappa shape index (κ2) is 9.98. The fourth-order valence-electron chi connectivity index (χ4n) is 7.00. The second-order valence-corrected chi connectivity index (χ2v) is 12.7. The highest BCUT2D eigenvalue weighted by Gasteiger charge is 2.55. The number of hydrogen-bond acceptors (Lipinski definition) is 6. The number of para-hydroxylation sites is 1. The maximum Gasteiger partial charge on any atom is 0.334 e. The summed E-state index contributed by atoms with van der Waals surface area (Å²) in [6.07, 6.45) is 2.90. The number of nitrogens with zero attached hydrogens (tertiary/aromatic N) is 2. The van der Waals surface area contributed by atoms with Crippen molar-refractivity contribution in [2.24, 2.45) is 5.92 Å². The number of aromatic nitrogens is 1. The first kappa shape index (κ1) is 26.2. The Morgan fingerprint density at radius 2 is 1.71 bits per heavy atom. The van der Waals surface area contributed by atoms with Crippen molar-refractivity contribution in [2.75, 3.05) is 6.61 Å². The van der Waals surface area contributed by atoms with Crippen LogP contribution in [0.1, 0.15) is 49.2 Å². The molecule has 41 heavy (non-hydrogen) atoms. The lowest BCUT2D eigenvalue weighted by atomic mass is 9.85. The van der Waals surface area contributed by atoms with Gasteiger partial charge >= 0.3 is 5.97 Å². The van der Waals surface area contributed by atoms with Crippen LogP contribution in [0.2, 0.25) is 0 Å². The summed E-state index contributed by atoms with van der Waals surface area (Å²) in [6.45, 7) is 4.11. The maximum absolute atomic E-state index is 14.3. The van der Waals surface area contributed by atoms with Crippen molar-refractivity contribution in [1.29, 1.82) is 0 Å². The third kappa shape index (κ3) is 4.00. The Labute approximate surface area is 240 Å². The van der Waals surface area contributed by atoms with Gasteiger partial charge in [0, 0.05) is 23.3 Å². The Balaban J connectivity index is 1.49. The first-order valence-corrected chi connectivity index (χ1v) is 15.7. The molecule has 4 aromatic rings. The fourth-order valence-corrected chi connectivity index (χ4v) is 8.58. The van der Waals surface area contributed by atoms with E-state index < -0.39 is 22.3 Å². The lowest BCUT2D eigenvalue weighted by Crippen LogP contribution is -2.46. The number of benzene rings is 3. The van der Waals surface area contributed by atoms with Gasteiger partial charge in [0.1, 0.15) is 6.23 Å². The van der Waals surface area contributed by atoms with Gasteiger partial charge in [0.2, 0.25) is 0 Å². The summed E-state index contributed by atoms with van der Waals surface area (Å²) in [7, 11) is -3.98. The highest BCUT2D eigenvalue weighted by atomic mass is 32.2. The molecule has 0 N–H and O–H groups in total. The highest BCUT2D eigenvalue weighted by molar-refractivity contribution is 7.90. The predicted molar refractivity (Wildman–Crippen MR) is 156 cm³/mol. The van der Waals surface area contributed by atoms with E-state index in [9.17, 15) is 13.2 Å². The van der Waals surface area contributed by atoms with E-state index in [4.69, 9.17) is 9.47 Å². The molecule has 1 saturated heterocycles. The Bertz CT molecular complexity index is 1780. The van der Waals surface area contributed by atoms with Crippen molar-refractivity contribution < 1.29 is 22.7 Å². The zero-order valence-electron chi connectivity index (χ0n) is 23.0. The van der Waals surface area contributed by atoms with Crippen molar-refractivity contribution in [3.8, 4) is 0 Å². The SMILES string of the molecule is CCOC(=O)C1=C[C@H](c2cc3ccccc3n2S(=O)(=O)c2ccccc2)N2[C@H](O[C@@H]3Cc4ccccc4[C@@H]32)[C@H]1CC. The van der Waals surface area contributed by atoms with Crippen LogP contribution in [0.3, 0.4) is 0 Å². The lowest BCUT2D eigenvalue weighted by Gasteiger charge is -2.42. The molecule has 7 nitrogen and oxygen atoms in total. The molecule has 210 valence electrons. The molecule has 0 spiro atoms. The Kier molecular flexibility index (Phi) is 6.37. The molecule has 1 aliphatic carbocycles. The minimum atomic E-state index is -3.98. The summed E-state index contributed by atoms with van der Waals surface area (Å²) in [5, 5.41) is 0.811. The van der Waals surface area contributed by atoms with Crippen LogP contribution in [-0.4, -0.2) is 42.2 Å². The first-order valence-electron chi connectivity index (χ1n) is 14.2. The smallest absolute Gasteiger partial charge is 0.334 e. The van der Waals surface area contributed by atoms with Gasteiger partial charge in [0.05, 0.1) is 40.9 Å². The van der Waals surface area contributed by atoms with Gasteiger partial charge in [-0.25, -0.2) is 17.2 Å². The molecular weight excluding hydrogens is 536 g/mol. The van der Waals surface area contributed by atoms with Gasteiger partial charge in [-0.2, -0.15) is 0 Å². The molecule has 0 saturated carbocycles. The standard InChI is InChI=1S/C33H32N2O5S/c1-3-24-26(33(36)39-4-2)20-28(34-31-25-16-10-8-12-21(25)19-30(31)40-32(24)34)29-18-22-13-9-11-17-27(22)35(29)41(37,38)23-14-6-5-7-15-23/h5-18,20,24,28,30-32H,3-4,19H2,1-2H3/t24-,28+,30+,31-,32+/m0/s1. The molecule has 0 unspecified atom stereocenters. The normalized spacial score (nSPS) is 25.4. The predicted octanol–water partition coefficient (Wildman–Crippen LogP) is 5.77. The van der Waals surface area contributed by atoms with Gasteiger partial charge in [-0.1, -0.05) is 73.7 Å². The summed E-state index contributed by atoms with van der Waals surface area (Å²) in [4.78, 5) is 15.9. The van der Waals surface area contributed by atoms with Crippen molar-refractivity contribution >= 4 is 26.9 Å². The molecule has 5 atom stereocenters. The van der Waals surface area contributed by atoms with Crippen LogP contribution < -0.4 is 0 Å². The van der Waals surface area contributed by atoms with E-state index in [2.05, 4.69) is 24.0 Å². The van der Waals surface area contributed by atoms with Gasteiger partial charge in [-0.05, 0) is 48.7 Å². The monoisotopic (exact) mass is 568 g/mol. The van der Waals surface area contributed by atoms with Crippen LogP contribution >= 0.6 is 0 Å². The largest absolute Gasteiger partial charge is 0.463 e. The van der Waals surface area contributed by atoms with E-state index in [1.165, 1.54) is 15.1 Å². The highest BCUT2D eigenvalue weighted by Crippen LogP contribution is 2.54. The molecular formula is C33H32N2O5S. The maximum atomic E-state index is 14.3. The summed E-state index contributed by atoms with van der Waals surface area (Å²) >= 11 is 0. The van der Waals surface area contributed by atoms with Crippen molar-refractivity contribution in [1.82, 2.24) is 8.87 Å². The topological polar surface area (TPSA) is 77.8 Å². The zero-order chi connectivity index (χ0) is 28.3. The van der Waals surface area contributed by atoms with Gasteiger partial charge in [0.15, 0.2) is 0 Å². The van der Waals surface area contributed by atoms with Crippen molar-refractivity contribution in [2.45, 2.75) is 56.0 Å². The lowest BCUT2D eigenvalue weighted by molar-refractivity contribution is -0.141. The van der Waals surface area contributed by atoms with E-state index in [0.29, 0.717) is 23.2 Å². The van der Waals surface area contributed by atoms with Crippen molar-refractivity contribution in [3.05, 3.63) is 113 Å². The number of esters is 1. The quantitative estimate of drug-likeness (QED) is 0.275. The Morgan fingerprint density at radius 3 is 2.49 bits per heavy atom. The van der Waals surface area contributed by atoms with Gasteiger partial charge in [0.25, 0.3) is 10.0 Å². The summed E-state index contributed by atoms with van der Waals surface area (Å²) in [5.74, 6) is -0.578. The summed E-state index contributed by atoms with van der Waals surface area (Å²) in [6, 6.07) is 25.7. The molecule has 1 fully saturated rings. The van der Waals surface area contributed by atoms with Crippen LogP contribution in [0.15, 0.2) is 101 Å². The minimum Gasteiger partial charge on any atom is -0.463 e. The number of hydrogen-bond donors (Lipinski definition) is 0. The number of carbonyl (C=O) groups is 1. The number of rotatable bonds is 6. The number of fused-ring (bicyclic) bond motifs is 6. The van der Waals surface area contributed by atoms with Crippen LogP contribution in [0.25, 0.3) is 10.9 Å². The van der Waals surface area contributed by atoms with Crippen LogP contribution in [0.4, 0.5) is 0 Å². The molecule has 2 aliphatic heterocycles. The third-order valence-corrected chi connectivity index (χ3v) is 10.5. The summed E-state index contributed by atoms with van der Waals surface area (Å²) < 4.78 is 42.4. The molecule has 0 bridgehead atoms. The molecule has 3 aliphatic rings. The van der Waals surface area contributed by atoms with E-state index in [1.54, 1.807) is 37.3 Å². The third-order valence-electron chi connectivity index (χ3n) is 8.71.